The summed E-state index contributed by atoms with van der Waals surface area (Å²) in [5.41, 5.74) is 1.01. The summed E-state index contributed by atoms with van der Waals surface area (Å²) in [6, 6.07) is 10.8. The molecule has 1 amide bonds. The number of aromatic nitrogens is 3. The Bertz CT molecular complexity index is 854. The van der Waals surface area contributed by atoms with Gasteiger partial charge in [0.25, 0.3) is 0 Å². The van der Waals surface area contributed by atoms with E-state index in [9.17, 15) is 4.79 Å². The van der Waals surface area contributed by atoms with Crippen LogP contribution in [-0.4, -0.2) is 76.1 Å². The van der Waals surface area contributed by atoms with E-state index in [0.717, 1.165) is 57.0 Å². The molecule has 0 spiro atoms. The maximum absolute atomic E-state index is 13.0. The predicted octanol–water partition coefficient (Wildman–Crippen LogP) is 2.14. The van der Waals surface area contributed by atoms with Gasteiger partial charge in [0.15, 0.2) is 0 Å². The highest BCUT2D eigenvalue weighted by Crippen LogP contribution is 2.37. The molecule has 2 aromatic rings. The first-order chi connectivity index (χ1) is 14.8. The average molecular weight is 428 g/mol. The minimum Gasteiger partial charge on any atom is -0.378 e. The van der Waals surface area contributed by atoms with Gasteiger partial charge in [-0.05, 0) is 37.4 Å². The van der Waals surface area contributed by atoms with Gasteiger partial charge in [0.05, 0.1) is 31.4 Å². The van der Waals surface area contributed by atoms with Crippen LogP contribution in [0.1, 0.15) is 18.5 Å². The molecule has 0 saturated carbocycles. The molecule has 2 bridgehead atoms. The van der Waals surface area contributed by atoms with Crippen molar-refractivity contribution in [3.05, 3.63) is 42.2 Å². The number of hydrogen-bond acceptors (Lipinski definition) is 6. The predicted molar refractivity (Wildman–Crippen MR) is 115 cm³/mol. The lowest BCUT2D eigenvalue weighted by Crippen LogP contribution is -2.59. The first kappa shape index (κ1) is 20.0. The van der Waals surface area contributed by atoms with Crippen molar-refractivity contribution in [2.24, 2.45) is 11.8 Å². The molecule has 1 aromatic heterocycles. The van der Waals surface area contributed by atoms with Crippen LogP contribution >= 0.6 is 11.8 Å². The summed E-state index contributed by atoms with van der Waals surface area (Å²) in [5, 5.41) is 8.74. The summed E-state index contributed by atoms with van der Waals surface area (Å²) in [6.07, 6.45) is 4.29. The van der Waals surface area contributed by atoms with Crippen LogP contribution in [0.3, 0.4) is 0 Å². The first-order valence-electron chi connectivity index (χ1n) is 10.9. The standard InChI is InChI=1S/C22H29N5O2S/c28-22(25-8-10-29-11-9-25)21-15-26-7-6-17(21)12-19(26)14-27-13-18(23-24-27)16-30-20-4-2-1-3-5-20/h1-5,13,17,19,21H,6-12,14-16H2/t17-,19-,21+/m1/s1. The van der Waals surface area contributed by atoms with Gasteiger partial charge in [-0.3, -0.25) is 14.4 Å². The van der Waals surface area contributed by atoms with Crippen LogP contribution in [0, 0.1) is 11.8 Å². The molecule has 0 radical (unpaired) electrons. The number of rotatable bonds is 6. The van der Waals surface area contributed by atoms with Gasteiger partial charge >= 0.3 is 0 Å². The maximum Gasteiger partial charge on any atom is 0.227 e. The van der Waals surface area contributed by atoms with Gasteiger partial charge in [-0.15, -0.1) is 16.9 Å². The molecule has 1 aromatic carbocycles. The quantitative estimate of drug-likeness (QED) is 0.659. The fraction of sp³-hybridized carbons (Fsp3) is 0.591. The molecule has 160 valence electrons. The summed E-state index contributed by atoms with van der Waals surface area (Å²) in [5.74, 6) is 1.82. The Balaban J connectivity index is 1.16. The van der Waals surface area contributed by atoms with E-state index < -0.39 is 0 Å². The number of thioether (sulfide) groups is 1. The molecule has 5 heterocycles. The normalized spacial score (nSPS) is 28.6. The van der Waals surface area contributed by atoms with Gasteiger partial charge in [-0.2, -0.15) is 0 Å². The molecule has 30 heavy (non-hydrogen) atoms. The highest BCUT2D eigenvalue weighted by Gasteiger charge is 2.44. The Morgan fingerprint density at radius 2 is 2.00 bits per heavy atom. The molecule has 0 aliphatic carbocycles. The van der Waals surface area contributed by atoms with Crippen LogP contribution in [0.4, 0.5) is 0 Å². The van der Waals surface area contributed by atoms with Crippen molar-refractivity contribution < 1.29 is 9.53 Å². The first-order valence-corrected chi connectivity index (χ1v) is 11.9. The van der Waals surface area contributed by atoms with Crippen molar-refractivity contribution in [2.75, 3.05) is 39.4 Å². The van der Waals surface area contributed by atoms with Gasteiger partial charge in [0.2, 0.25) is 5.91 Å². The second-order valence-corrected chi connectivity index (χ2v) is 9.56. The highest BCUT2D eigenvalue weighted by atomic mass is 32.2. The maximum atomic E-state index is 13.0. The number of piperidine rings is 3. The van der Waals surface area contributed by atoms with Gasteiger partial charge in [-0.1, -0.05) is 23.4 Å². The molecular formula is C22H29N5O2S. The van der Waals surface area contributed by atoms with Gasteiger partial charge in [0, 0.05) is 42.5 Å². The van der Waals surface area contributed by atoms with E-state index in [1.165, 1.54) is 4.90 Å². The SMILES string of the molecule is O=C([C@H]1CN2CC[C@@H]1C[C@@H]2Cn1cc(CSc2ccccc2)nn1)N1CCOCC1. The van der Waals surface area contributed by atoms with E-state index in [4.69, 9.17) is 4.74 Å². The van der Waals surface area contributed by atoms with Crippen molar-refractivity contribution in [1.82, 2.24) is 24.8 Å². The smallest absolute Gasteiger partial charge is 0.227 e. The van der Waals surface area contributed by atoms with Crippen LogP contribution in [0.2, 0.25) is 0 Å². The summed E-state index contributed by atoms with van der Waals surface area (Å²) < 4.78 is 7.40. The Kier molecular flexibility index (Phi) is 6.06. The van der Waals surface area contributed by atoms with Gasteiger partial charge in [-0.25, -0.2) is 0 Å². The Morgan fingerprint density at radius 1 is 1.17 bits per heavy atom. The van der Waals surface area contributed by atoms with Crippen molar-refractivity contribution in [3.8, 4) is 0 Å². The number of ether oxygens (including phenoxy) is 1. The molecule has 0 N–H and O–H groups in total. The molecule has 4 atom stereocenters. The van der Waals surface area contributed by atoms with Crippen molar-refractivity contribution in [1.29, 1.82) is 0 Å². The van der Waals surface area contributed by atoms with E-state index >= 15 is 0 Å². The summed E-state index contributed by atoms with van der Waals surface area (Å²) in [4.78, 5) is 18.8. The lowest BCUT2D eigenvalue weighted by atomic mass is 9.75. The summed E-state index contributed by atoms with van der Waals surface area (Å²) in [7, 11) is 0. The highest BCUT2D eigenvalue weighted by molar-refractivity contribution is 7.98. The van der Waals surface area contributed by atoms with Crippen LogP contribution in [0.25, 0.3) is 0 Å². The summed E-state index contributed by atoms with van der Waals surface area (Å²) >= 11 is 1.78. The zero-order valence-corrected chi connectivity index (χ0v) is 18.0. The fourth-order valence-electron chi connectivity index (χ4n) is 5.01. The van der Waals surface area contributed by atoms with Gasteiger partial charge < -0.3 is 9.64 Å². The second kappa shape index (κ2) is 9.08. The third kappa shape index (κ3) is 4.40. The number of fused-ring (bicyclic) bond motifs is 3. The third-order valence-corrected chi connectivity index (χ3v) is 7.68. The van der Waals surface area contributed by atoms with Crippen LogP contribution < -0.4 is 0 Å². The van der Waals surface area contributed by atoms with Crippen LogP contribution in [0.5, 0.6) is 0 Å². The minimum absolute atomic E-state index is 0.154. The third-order valence-electron chi connectivity index (χ3n) is 6.63. The van der Waals surface area contributed by atoms with Crippen molar-refractivity contribution in [2.45, 2.75) is 36.1 Å². The number of carbonyl (C=O) groups excluding carboxylic acids is 1. The summed E-state index contributed by atoms with van der Waals surface area (Å²) in [6.45, 7) is 5.67. The molecule has 4 saturated heterocycles. The molecule has 6 rings (SSSR count). The lowest BCUT2D eigenvalue weighted by Gasteiger charge is -2.50. The van der Waals surface area contributed by atoms with Gasteiger partial charge in [0.1, 0.15) is 0 Å². The van der Waals surface area contributed by atoms with Crippen LogP contribution in [0.15, 0.2) is 41.4 Å². The molecule has 4 fully saturated rings. The van der Waals surface area contributed by atoms with E-state index in [1.54, 1.807) is 11.8 Å². The zero-order chi connectivity index (χ0) is 20.3. The van der Waals surface area contributed by atoms with E-state index in [-0.39, 0.29) is 5.92 Å². The van der Waals surface area contributed by atoms with Crippen molar-refractivity contribution >= 4 is 17.7 Å². The number of hydrogen-bond donors (Lipinski definition) is 0. The zero-order valence-electron chi connectivity index (χ0n) is 17.2. The largest absolute Gasteiger partial charge is 0.378 e. The number of amides is 1. The Morgan fingerprint density at radius 3 is 2.77 bits per heavy atom. The number of carbonyl (C=O) groups is 1. The molecule has 7 nitrogen and oxygen atoms in total. The van der Waals surface area contributed by atoms with Crippen molar-refractivity contribution in [3.63, 3.8) is 0 Å². The number of nitrogens with zero attached hydrogens (tertiary/aromatic N) is 5. The minimum atomic E-state index is 0.154. The molecule has 4 aliphatic heterocycles. The molecule has 8 heteroatoms. The van der Waals surface area contributed by atoms with Crippen LogP contribution in [-0.2, 0) is 21.8 Å². The number of morpholine rings is 1. The average Bonchev–Trinajstić information content (AvgIpc) is 3.26. The number of benzene rings is 1. The molecule has 4 aliphatic rings. The monoisotopic (exact) mass is 427 g/mol. The topological polar surface area (TPSA) is 63.5 Å². The molecular weight excluding hydrogens is 398 g/mol. The van der Waals surface area contributed by atoms with E-state index in [0.29, 0.717) is 31.1 Å². The fourth-order valence-corrected chi connectivity index (χ4v) is 5.81. The Hall–Kier alpha value is -1.90. The lowest BCUT2D eigenvalue weighted by molar-refractivity contribution is -0.148. The second-order valence-electron chi connectivity index (χ2n) is 8.51. The molecule has 1 unspecified atom stereocenters. The Labute approximate surface area is 181 Å². The van der Waals surface area contributed by atoms with E-state index in [1.807, 2.05) is 15.6 Å². The van der Waals surface area contributed by atoms with E-state index in [2.05, 4.69) is 45.7 Å².